The Bertz CT molecular complexity index is 927. The van der Waals surface area contributed by atoms with Crippen LogP contribution in [0.4, 0.5) is 8.78 Å². The van der Waals surface area contributed by atoms with Crippen LogP contribution in [0.3, 0.4) is 0 Å². The van der Waals surface area contributed by atoms with E-state index in [1.807, 2.05) is 0 Å². The zero-order valence-electron chi connectivity index (χ0n) is 12.1. The van der Waals surface area contributed by atoms with Gasteiger partial charge in [0.15, 0.2) is 5.82 Å². The van der Waals surface area contributed by atoms with E-state index in [0.29, 0.717) is 12.8 Å². The molecule has 2 aliphatic rings. The van der Waals surface area contributed by atoms with Crippen LogP contribution in [0.2, 0.25) is 0 Å². The molecule has 0 radical (unpaired) electrons. The molecule has 0 unspecified atom stereocenters. The SMILES string of the molecule is NC1(c2c(F)cc3c(=O)c(C(=O)O)cn(C4CC4)c3c2F)CC1. The Kier molecular flexibility index (Phi) is 2.73. The highest BCUT2D eigenvalue weighted by Crippen LogP contribution is 2.47. The van der Waals surface area contributed by atoms with E-state index in [-0.39, 0.29) is 22.5 Å². The van der Waals surface area contributed by atoms with Crippen molar-refractivity contribution in [2.45, 2.75) is 37.3 Å². The molecule has 120 valence electrons. The second-order valence-corrected chi connectivity index (χ2v) is 6.42. The minimum Gasteiger partial charge on any atom is -0.477 e. The first-order valence-electron chi connectivity index (χ1n) is 7.43. The number of nitrogens with two attached hydrogens (primary N) is 1. The molecule has 0 amide bonds. The summed E-state index contributed by atoms with van der Waals surface area (Å²) in [6, 6.07) is 0.853. The lowest BCUT2D eigenvalue weighted by Gasteiger charge is -2.17. The lowest BCUT2D eigenvalue weighted by molar-refractivity contribution is 0.0695. The Morgan fingerprint density at radius 2 is 2.00 bits per heavy atom. The zero-order valence-corrected chi connectivity index (χ0v) is 12.1. The van der Waals surface area contributed by atoms with E-state index in [1.54, 1.807) is 0 Å². The molecule has 3 N–H and O–H groups in total. The number of nitrogens with zero attached hydrogens (tertiary/aromatic N) is 1. The molecule has 2 aliphatic carbocycles. The molecule has 1 heterocycles. The third kappa shape index (κ3) is 1.99. The van der Waals surface area contributed by atoms with Gasteiger partial charge in [0.05, 0.1) is 10.9 Å². The topological polar surface area (TPSA) is 85.3 Å². The fraction of sp³-hybridized carbons (Fsp3) is 0.375. The van der Waals surface area contributed by atoms with Crippen molar-refractivity contribution in [3.63, 3.8) is 0 Å². The largest absolute Gasteiger partial charge is 0.477 e. The Labute approximate surface area is 129 Å². The molecular formula is C16H14F2N2O3. The Morgan fingerprint density at radius 3 is 2.52 bits per heavy atom. The number of benzene rings is 1. The second-order valence-electron chi connectivity index (χ2n) is 6.42. The molecule has 0 spiro atoms. The van der Waals surface area contributed by atoms with Crippen LogP contribution in [-0.2, 0) is 5.54 Å². The quantitative estimate of drug-likeness (QED) is 0.908. The summed E-state index contributed by atoms with van der Waals surface area (Å²) in [5.41, 5.74) is 3.31. The number of carbonyl (C=O) groups is 1. The normalized spacial score (nSPS) is 19.1. The summed E-state index contributed by atoms with van der Waals surface area (Å²) in [6.45, 7) is 0. The number of carboxylic acid groups (broad SMARTS) is 1. The highest BCUT2D eigenvalue weighted by Gasteiger charge is 2.45. The lowest BCUT2D eigenvalue weighted by Crippen LogP contribution is -2.25. The molecule has 4 rings (SSSR count). The summed E-state index contributed by atoms with van der Waals surface area (Å²) >= 11 is 0. The van der Waals surface area contributed by atoms with Crippen LogP contribution in [0.15, 0.2) is 17.1 Å². The highest BCUT2D eigenvalue weighted by molar-refractivity contribution is 5.93. The number of pyridine rings is 1. The molecule has 2 aromatic rings. The van der Waals surface area contributed by atoms with Crippen molar-refractivity contribution in [1.29, 1.82) is 0 Å². The average molecular weight is 320 g/mol. The van der Waals surface area contributed by atoms with E-state index in [4.69, 9.17) is 10.8 Å². The van der Waals surface area contributed by atoms with Gasteiger partial charge in [-0.05, 0) is 31.7 Å². The van der Waals surface area contributed by atoms with E-state index in [0.717, 1.165) is 25.1 Å². The van der Waals surface area contributed by atoms with Gasteiger partial charge in [0.25, 0.3) is 0 Å². The number of hydrogen-bond donors (Lipinski definition) is 2. The molecule has 0 bridgehead atoms. The van der Waals surface area contributed by atoms with Gasteiger partial charge in [-0.25, -0.2) is 13.6 Å². The fourth-order valence-electron chi connectivity index (χ4n) is 3.08. The van der Waals surface area contributed by atoms with Crippen molar-refractivity contribution < 1.29 is 18.7 Å². The first-order chi connectivity index (χ1) is 10.8. The summed E-state index contributed by atoms with van der Waals surface area (Å²) < 4.78 is 30.8. The molecule has 1 aromatic carbocycles. The Balaban J connectivity index is 2.14. The first kappa shape index (κ1) is 14.3. The number of fused-ring (bicyclic) bond motifs is 1. The molecular weight excluding hydrogens is 306 g/mol. The minimum absolute atomic E-state index is 0.0457. The number of carboxylic acids is 1. The first-order valence-corrected chi connectivity index (χ1v) is 7.43. The van der Waals surface area contributed by atoms with Crippen molar-refractivity contribution >= 4 is 16.9 Å². The number of aromatic carboxylic acids is 1. The standard InChI is InChI=1S/C16H14F2N2O3/c17-10-5-8-13(12(18)11(10)16(19)3-4-16)20(7-1-2-7)6-9(14(8)21)15(22)23/h5-7H,1-4,19H2,(H,22,23). The van der Waals surface area contributed by atoms with Crippen LogP contribution in [0.1, 0.15) is 47.6 Å². The van der Waals surface area contributed by atoms with E-state index in [1.165, 1.54) is 4.57 Å². The predicted molar refractivity (Wildman–Crippen MR) is 78.5 cm³/mol. The van der Waals surface area contributed by atoms with Gasteiger partial charge < -0.3 is 15.4 Å². The van der Waals surface area contributed by atoms with Crippen molar-refractivity contribution in [1.82, 2.24) is 4.57 Å². The van der Waals surface area contributed by atoms with Crippen molar-refractivity contribution in [2.24, 2.45) is 5.73 Å². The van der Waals surface area contributed by atoms with Crippen LogP contribution in [0.5, 0.6) is 0 Å². The highest BCUT2D eigenvalue weighted by atomic mass is 19.1. The maximum absolute atomic E-state index is 15.0. The van der Waals surface area contributed by atoms with Gasteiger partial charge >= 0.3 is 5.97 Å². The zero-order chi connectivity index (χ0) is 16.5. The molecule has 7 heteroatoms. The van der Waals surface area contributed by atoms with Crippen LogP contribution in [0, 0.1) is 11.6 Å². The fourth-order valence-corrected chi connectivity index (χ4v) is 3.08. The Hall–Kier alpha value is -2.28. The molecule has 2 saturated carbocycles. The van der Waals surface area contributed by atoms with E-state index in [9.17, 15) is 14.0 Å². The van der Waals surface area contributed by atoms with E-state index >= 15 is 4.39 Å². The molecule has 0 aliphatic heterocycles. The monoisotopic (exact) mass is 320 g/mol. The van der Waals surface area contributed by atoms with Crippen molar-refractivity contribution in [3.05, 3.63) is 45.2 Å². The summed E-state index contributed by atoms with van der Waals surface area (Å²) in [7, 11) is 0. The molecule has 23 heavy (non-hydrogen) atoms. The third-order valence-electron chi connectivity index (χ3n) is 4.67. The summed E-state index contributed by atoms with van der Waals surface area (Å²) in [5, 5.41) is 8.91. The molecule has 5 nitrogen and oxygen atoms in total. The summed E-state index contributed by atoms with van der Waals surface area (Å²) in [5.74, 6) is -3.15. The van der Waals surface area contributed by atoms with Gasteiger partial charge in [-0.3, -0.25) is 4.79 Å². The van der Waals surface area contributed by atoms with Gasteiger partial charge in [0, 0.05) is 23.3 Å². The smallest absolute Gasteiger partial charge is 0.341 e. The van der Waals surface area contributed by atoms with Crippen LogP contribution < -0.4 is 11.2 Å². The Morgan fingerprint density at radius 1 is 1.35 bits per heavy atom. The molecule has 2 fully saturated rings. The third-order valence-corrected chi connectivity index (χ3v) is 4.67. The summed E-state index contributed by atoms with van der Waals surface area (Å²) in [6.07, 6.45) is 3.64. The second kappa shape index (κ2) is 4.38. The predicted octanol–water partition coefficient (Wildman–Crippen LogP) is 2.26. The molecule has 1 aromatic heterocycles. The van der Waals surface area contributed by atoms with Crippen LogP contribution >= 0.6 is 0 Å². The average Bonchev–Trinajstić information content (AvgIpc) is 3.36. The van der Waals surface area contributed by atoms with Gasteiger partial charge in [0.2, 0.25) is 5.43 Å². The lowest BCUT2D eigenvalue weighted by atomic mass is 10.00. The molecule has 0 atom stereocenters. The van der Waals surface area contributed by atoms with Crippen LogP contribution in [-0.4, -0.2) is 15.6 Å². The van der Waals surface area contributed by atoms with Crippen LogP contribution in [0.25, 0.3) is 10.9 Å². The van der Waals surface area contributed by atoms with Gasteiger partial charge in [-0.1, -0.05) is 0 Å². The number of halogens is 2. The van der Waals surface area contributed by atoms with Crippen molar-refractivity contribution in [2.75, 3.05) is 0 Å². The van der Waals surface area contributed by atoms with Gasteiger partial charge in [-0.2, -0.15) is 0 Å². The van der Waals surface area contributed by atoms with Gasteiger partial charge in [0.1, 0.15) is 11.4 Å². The van der Waals surface area contributed by atoms with E-state index in [2.05, 4.69) is 0 Å². The molecule has 0 saturated heterocycles. The number of hydrogen-bond acceptors (Lipinski definition) is 3. The minimum atomic E-state index is -1.41. The van der Waals surface area contributed by atoms with E-state index < -0.39 is 34.1 Å². The number of aromatic nitrogens is 1. The summed E-state index contributed by atoms with van der Waals surface area (Å²) in [4.78, 5) is 23.5. The van der Waals surface area contributed by atoms with Crippen molar-refractivity contribution in [3.8, 4) is 0 Å². The number of rotatable bonds is 3. The maximum Gasteiger partial charge on any atom is 0.341 e. The van der Waals surface area contributed by atoms with Gasteiger partial charge in [-0.15, -0.1) is 0 Å². The maximum atomic E-state index is 15.0.